The van der Waals surface area contributed by atoms with Crippen LogP contribution in [0.4, 0.5) is 10.5 Å². The summed E-state index contributed by atoms with van der Waals surface area (Å²) >= 11 is 0. The first-order valence-corrected chi connectivity index (χ1v) is 9.66. The zero-order valence-corrected chi connectivity index (χ0v) is 17.4. The van der Waals surface area contributed by atoms with Crippen molar-refractivity contribution in [2.75, 3.05) is 45.7 Å². The van der Waals surface area contributed by atoms with Crippen molar-refractivity contribution in [2.45, 2.75) is 13.0 Å². The molecule has 7 heteroatoms. The molecule has 29 heavy (non-hydrogen) atoms. The van der Waals surface area contributed by atoms with Gasteiger partial charge in [0.25, 0.3) is 5.91 Å². The molecule has 1 atom stereocenters. The smallest absolute Gasteiger partial charge is 0.322 e. The lowest BCUT2D eigenvalue weighted by atomic mass is 10.0. The van der Waals surface area contributed by atoms with E-state index in [1.807, 2.05) is 57.4 Å². The monoisotopic (exact) mass is 396 g/mol. The molecular weight excluding hydrogens is 368 g/mol. The minimum absolute atomic E-state index is 0.0243. The van der Waals surface area contributed by atoms with Crippen LogP contribution in [0.3, 0.4) is 0 Å². The van der Waals surface area contributed by atoms with Crippen LogP contribution in [0.1, 0.15) is 27.5 Å². The number of benzene rings is 2. The van der Waals surface area contributed by atoms with E-state index in [4.69, 9.17) is 4.74 Å². The molecule has 0 spiro atoms. The van der Waals surface area contributed by atoms with Crippen LogP contribution < -0.4 is 20.3 Å². The minimum atomic E-state index is -0.146. The largest absolute Gasteiger partial charge is 0.496 e. The van der Waals surface area contributed by atoms with Gasteiger partial charge in [-0.05, 0) is 50.8 Å². The van der Waals surface area contributed by atoms with E-state index in [0.29, 0.717) is 25.2 Å². The molecule has 2 aromatic carbocycles. The van der Waals surface area contributed by atoms with Crippen LogP contribution in [0.5, 0.6) is 5.75 Å². The number of hydrogen-bond donors (Lipinski definition) is 2. The lowest BCUT2D eigenvalue weighted by molar-refractivity contribution is 0.0941. The molecule has 3 rings (SSSR count). The van der Waals surface area contributed by atoms with Gasteiger partial charge in [0.05, 0.1) is 13.2 Å². The van der Waals surface area contributed by atoms with Crippen molar-refractivity contribution in [1.29, 1.82) is 0 Å². The van der Waals surface area contributed by atoms with Crippen molar-refractivity contribution >= 4 is 17.6 Å². The second-order valence-electron chi connectivity index (χ2n) is 7.32. The van der Waals surface area contributed by atoms with Gasteiger partial charge in [-0.1, -0.05) is 18.2 Å². The van der Waals surface area contributed by atoms with Crippen LogP contribution >= 0.6 is 0 Å². The van der Waals surface area contributed by atoms with Gasteiger partial charge in [-0.3, -0.25) is 9.69 Å². The Morgan fingerprint density at radius 1 is 1.28 bits per heavy atom. The number of carbonyl (C=O) groups excluding carboxylic acids is 2. The SMILES string of the molecule is COc1ccccc1C(CNC(=O)c1ccc(N2CCNC2=O)c(C)c1)N(C)C. The van der Waals surface area contributed by atoms with Crippen LogP contribution in [0.15, 0.2) is 42.5 Å². The molecule has 7 nitrogen and oxygen atoms in total. The number of para-hydroxylation sites is 1. The van der Waals surface area contributed by atoms with Gasteiger partial charge in [0.1, 0.15) is 5.75 Å². The summed E-state index contributed by atoms with van der Waals surface area (Å²) in [4.78, 5) is 28.4. The van der Waals surface area contributed by atoms with Gasteiger partial charge in [0, 0.05) is 36.4 Å². The van der Waals surface area contributed by atoms with Gasteiger partial charge in [0.2, 0.25) is 0 Å². The molecule has 1 aliphatic heterocycles. The molecule has 1 heterocycles. The van der Waals surface area contributed by atoms with Gasteiger partial charge < -0.3 is 20.3 Å². The summed E-state index contributed by atoms with van der Waals surface area (Å²) in [6.07, 6.45) is 0. The Bertz CT molecular complexity index is 897. The number of likely N-dealkylation sites (N-methyl/N-ethyl adjacent to an activating group) is 1. The van der Waals surface area contributed by atoms with Gasteiger partial charge in [-0.2, -0.15) is 0 Å². The van der Waals surface area contributed by atoms with Crippen molar-refractivity contribution in [3.05, 3.63) is 59.2 Å². The highest BCUT2D eigenvalue weighted by atomic mass is 16.5. The number of carbonyl (C=O) groups is 2. The molecular formula is C22H28N4O3. The summed E-state index contributed by atoms with van der Waals surface area (Å²) in [5.74, 6) is 0.650. The first-order valence-electron chi connectivity index (χ1n) is 9.66. The number of hydrogen-bond acceptors (Lipinski definition) is 4. The number of nitrogens with one attached hydrogen (secondary N) is 2. The highest BCUT2D eigenvalue weighted by Crippen LogP contribution is 2.28. The third-order valence-corrected chi connectivity index (χ3v) is 5.18. The van der Waals surface area contributed by atoms with Gasteiger partial charge in [-0.25, -0.2) is 4.79 Å². The Kier molecular flexibility index (Phi) is 6.39. The molecule has 1 unspecified atom stereocenters. The molecule has 154 valence electrons. The predicted molar refractivity (Wildman–Crippen MR) is 114 cm³/mol. The second kappa shape index (κ2) is 8.96. The van der Waals surface area contributed by atoms with Crippen LogP contribution in [0.25, 0.3) is 0 Å². The zero-order valence-electron chi connectivity index (χ0n) is 17.4. The summed E-state index contributed by atoms with van der Waals surface area (Å²) < 4.78 is 5.48. The Balaban J connectivity index is 1.72. The van der Waals surface area contributed by atoms with Crippen LogP contribution in [-0.4, -0.2) is 57.7 Å². The first-order chi connectivity index (χ1) is 13.9. The van der Waals surface area contributed by atoms with E-state index in [0.717, 1.165) is 22.6 Å². The van der Waals surface area contributed by atoms with E-state index < -0.39 is 0 Å². The maximum Gasteiger partial charge on any atom is 0.322 e. The number of anilines is 1. The molecule has 2 N–H and O–H groups in total. The van der Waals surface area contributed by atoms with E-state index in [2.05, 4.69) is 15.5 Å². The number of amides is 3. The average molecular weight is 396 g/mol. The predicted octanol–water partition coefficient (Wildman–Crippen LogP) is 2.57. The number of urea groups is 1. The summed E-state index contributed by atoms with van der Waals surface area (Å²) in [6.45, 7) is 3.63. The summed E-state index contributed by atoms with van der Waals surface area (Å²) in [7, 11) is 5.60. The third kappa shape index (κ3) is 4.51. The van der Waals surface area contributed by atoms with E-state index in [1.165, 1.54) is 0 Å². The zero-order chi connectivity index (χ0) is 21.0. The number of ether oxygens (including phenoxy) is 1. The Hall–Kier alpha value is -3.06. The Morgan fingerprint density at radius 3 is 2.66 bits per heavy atom. The maximum absolute atomic E-state index is 12.8. The second-order valence-corrected chi connectivity index (χ2v) is 7.32. The molecule has 0 aromatic heterocycles. The molecule has 1 saturated heterocycles. The molecule has 0 radical (unpaired) electrons. The number of methoxy groups -OCH3 is 1. The highest BCUT2D eigenvalue weighted by molar-refractivity contribution is 5.97. The fourth-order valence-electron chi connectivity index (χ4n) is 3.60. The third-order valence-electron chi connectivity index (χ3n) is 5.18. The number of nitrogens with zero attached hydrogens (tertiary/aromatic N) is 2. The van der Waals surface area contributed by atoms with Crippen LogP contribution in [0.2, 0.25) is 0 Å². The van der Waals surface area contributed by atoms with E-state index in [-0.39, 0.29) is 18.0 Å². The van der Waals surface area contributed by atoms with Crippen molar-refractivity contribution in [2.24, 2.45) is 0 Å². The summed E-state index contributed by atoms with van der Waals surface area (Å²) in [6, 6.07) is 13.1. The van der Waals surface area contributed by atoms with Crippen molar-refractivity contribution < 1.29 is 14.3 Å². The molecule has 1 fully saturated rings. The number of aryl methyl sites for hydroxylation is 1. The Labute approximate surface area is 171 Å². The fraction of sp³-hybridized carbons (Fsp3) is 0.364. The maximum atomic E-state index is 12.8. The highest BCUT2D eigenvalue weighted by Gasteiger charge is 2.23. The normalized spacial score (nSPS) is 14.7. The Morgan fingerprint density at radius 2 is 2.03 bits per heavy atom. The molecule has 0 bridgehead atoms. The average Bonchev–Trinajstić information content (AvgIpc) is 3.13. The molecule has 0 saturated carbocycles. The van der Waals surface area contributed by atoms with E-state index >= 15 is 0 Å². The van der Waals surface area contributed by atoms with E-state index in [9.17, 15) is 9.59 Å². The van der Waals surface area contributed by atoms with Gasteiger partial charge in [0.15, 0.2) is 0 Å². The van der Waals surface area contributed by atoms with Crippen LogP contribution in [-0.2, 0) is 0 Å². The summed E-state index contributed by atoms with van der Waals surface area (Å²) in [5.41, 5.74) is 3.32. The lowest BCUT2D eigenvalue weighted by Crippen LogP contribution is -2.35. The molecule has 2 aromatic rings. The molecule has 1 aliphatic rings. The first kappa shape index (κ1) is 20.7. The van der Waals surface area contributed by atoms with Gasteiger partial charge >= 0.3 is 6.03 Å². The topological polar surface area (TPSA) is 73.9 Å². The fourth-order valence-corrected chi connectivity index (χ4v) is 3.60. The molecule has 3 amide bonds. The van der Waals surface area contributed by atoms with E-state index in [1.54, 1.807) is 18.1 Å². The number of rotatable bonds is 7. The standard InChI is InChI=1S/C22H28N4O3/c1-15-13-16(9-10-18(15)26-12-11-23-22(26)28)21(27)24-14-19(25(2)3)17-7-5-6-8-20(17)29-4/h5-10,13,19H,11-12,14H2,1-4H3,(H,23,28)(H,24,27). The van der Waals surface area contributed by atoms with Crippen molar-refractivity contribution in [3.8, 4) is 5.75 Å². The lowest BCUT2D eigenvalue weighted by Gasteiger charge is -2.26. The van der Waals surface area contributed by atoms with Crippen molar-refractivity contribution in [1.82, 2.24) is 15.5 Å². The van der Waals surface area contributed by atoms with Crippen molar-refractivity contribution in [3.63, 3.8) is 0 Å². The van der Waals surface area contributed by atoms with Crippen LogP contribution in [0, 0.1) is 6.92 Å². The van der Waals surface area contributed by atoms with Gasteiger partial charge in [-0.15, -0.1) is 0 Å². The quantitative estimate of drug-likeness (QED) is 0.754. The summed E-state index contributed by atoms with van der Waals surface area (Å²) in [5, 5.41) is 5.82. The molecule has 0 aliphatic carbocycles. The minimum Gasteiger partial charge on any atom is -0.496 e.